The van der Waals surface area contributed by atoms with Gasteiger partial charge in [0.25, 0.3) is 5.91 Å². The van der Waals surface area contributed by atoms with Gasteiger partial charge in [0.2, 0.25) is 0 Å². The van der Waals surface area contributed by atoms with Gasteiger partial charge in [-0.1, -0.05) is 23.8 Å². The maximum absolute atomic E-state index is 12.0. The Labute approximate surface area is 123 Å². The standard InChI is InChI=1S/C17H15N3O/c1-11-3-4-12(2)14(9-11)10-15-17(21)20-16(19-15)13-5-7-18-8-6-13/h3-10H,1-2H3,(H,19,20,21)/b15-10+. The Bertz CT molecular complexity index is 761. The number of aromatic nitrogens is 1. The van der Waals surface area contributed by atoms with Crippen molar-refractivity contribution in [1.82, 2.24) is 10.3 Å². The number of carbonyl (C=O) groups excluding carboxylic acids is 1. The summed E-state index contributed by atoms with van der Waals surface area (Å²) in [6.07, 6.45) is 5.18. The van der Waals surface area contributed by atoms with Gasteiger partial charge in [0.1, 0.15) is 11.5 Å². The van der Waals surface area contributed by atoms with Gasteiger partial charge in [-0.3, -0.25) is 9.78 Å². The molecule has 1 aromatic heterocycles. The third-order valence-electron chi connectivity index (χ3n) is 3.38. The first-order valence-electron chi connectivity index (χ1n) is 6.73. The van der Waals surface area contributed by atoms with Crippen LogP contribution in [0.15, 0.2) is 53.4 Å². The van der Waals surface area contributed by atoms with Crippen LogP contribution in [0.4, 0.5) is 0 Å². The van der Waals surface area contributed by atoms with E-state index in [9.17, 15) is 4.79 Å². The molecule has 4 heteroatoms. The van der Waals surface area contributed by atoms with Crippen molar-refractivity contribution in [2.75, 3.05) is 0 Å². The fourth-order valence-corrected chi connectivity index (χ4v) is 2.18. The number of benzene rings is 1. The van der Waals surface area contributed by atoms with Gasteiger partial charge in [-0.2, -0.15) is 0 Å². The highest BCUT2D eigenvalue weighted by atomic mass is 16.2. The van der Waals surface area contributed by atoms with Crippen molar-refractivity contribution >= 4 is 17.8 Å². The second-order valence-corrected chi connectivity index (χ2v) is 5.04. The molecule has 0 unspecified atom stereocenters. The van der Waals surface area contributed by atoms with Crippen molar-refractivity contribution < 1.29 is 4.79 Å². The van der Waals surface area contributed by atoms with Crippen LogP contribution in [0.1, 0.15) is 22.3 Å². The van der Waals surface area contributed by atoms with Crippen LogP contribution in [0.5, 0.6) is 0 Å². The quantitative estimate of drug-likeness (QED) is 0.858. The van der Waals surface area contributed by atoms with E-state index in [1.807, 2.05) is 38.1 Å². The fourth-order valence-electron chi connectivity index (χ4n) is 2.18. The van der Waals surface area contributed by atoms with Gasteiger partial charge in [0, 0.05) is 18.0 Å². The van der Waals surface area contributed by atoms with Crippen molar-refractivity contribution in [2.45, 2.75) is 13.8 Å². The number of amides is 1. The van der Waals surface area contributed by atoms with Gasteiger partial charge in [0.15, 0.2) is 0 Å². The van der Waals surface area contributed by atoms with Crippen LogP contribution in [0.3, 0.4) is 0 Å². The zero-order valence-electron chi connectivity index (χ0n) is 11.9. The molecule has 1 aliphatic heterocycles. The number of amidine groups is 1. The van der Waals surface area contributed by atoms with E-state index >= 15 is 0 Å². The predicted molar refractivity (Wildman–Crippen MR) is 82.8 cm³/mol. The minimum absolute atomic E-state index is 0.178. The molecule has 1 N–H and O–H groups in total. The van der Waals surface area contributed by atoms with Crippen LogP contribution in [0.25, 0.3) is 6.08 Å². The van der Waals surface area contributed by atoms with Crippen LogP contribution >= 0.6 is 0 Å². The summed E-state index contributed by atoms with van der Waals surface area (Å²) in [5.74, 6) is 0.390. The largest absolute Gasteiger partial charge is 0.305 e. The summed E-state index contributed by atoms with van der Waals surface area (Å²) in [5, 5.41) is 2.79. The Morgan fingerprint density at radius 3 is 2.62 bits per heavy atom. The van der Waals surface area contributed by atoms with Gasteiger partial charge in [-0.05, 0) is 43.2 Å². The number of pyridine rings is 1. The Hall–Kier alpha value is -2.75. The summed E-state index contributed by atoms with van der Waals surface area (Å²) in [4.78, 5) is 20.4. The number of hydrogen-bond acceptors (Lipinski definition) is 3. The molecule has 3 rings (SSSR count). The second-order valence-electron chi connectivity index (χ2n) is 5.04. The molecule has 0 atom stereocenters. The number of aryl methyl sites for hydroxylation is 2. The molecule has 1 amide bonds. The van der Waals surface area contributed by atoms with Gasteiger partial charge < -0.3 is 5.32 Å². The summed E-state index contributed by atoms with van der Waals surface area (Å²) in [6.45, 7) is 4.05. The Morgan fingerprint density at radius 2 is 1.86 bits per heavy atom. The first-order chi connectivity index (χ1) is 10.1. The minimum Gasteiger partial charge on any atom is -0.305 e. The molecule has 2 heterocycles. The number of nitrogens with one attached hydrogen (secondary N) is 1. The molecule has 1 aromatic carbocycles. The third kappa shape index (κ3) is 2.74. The van der Waals surface area contributed by atoms with Gasteiger partial charge in [0.05, 0.1) is 0 Å². The lowest BCUT2D eigenvalue weighted by molar-refractivity contribution is -0.115. The number of hydrogen-bond donors (Lipinski definition) is 1. The van der Waals surface area contributed by atoms with E-state index in [4.69, 9.17) is 0 Å². The van der Waals surface area contributed by atoms with Gasteiger partial charge in [-0.15, -0.1) is 0 Å². The number of aliphatic imine (C=N–C) groups is 1. The molecular formula is C17H15N3O. The molecule has 0 fully saturated rings. The molecule has 21 heavy (non-hydrogen) atoms. The van der Waals surface area contributed by atoms with Crippen LogP contribution in [-0.2, 0) is 4.79 Å². The lowest BCUT2D eigenvalue weighted by Crippen LogP contribution is -2.24. The normalized spacial score (nSPS) is 16.0. The van der Waals surface area contributed by atoms with Crippen molar-refractivity contribution in [3.8, 4) is 0 Å². The maximum atomic E-state index is 12.0. The van der Waals surface area contributed by atoms with E-state index in [0.29, 0.717) is 11.5 Å². The van der Waals surface area contributed by atoms with Crippen molar-refractivity contribution in [1.29, 1.82) is 0 Å². The van der Waals surface area contributed by atoms with Crippen molar-refractivity contribution in [3.05, 3.63) is 70.7 Å². The molecule has 4 nitrogen and oxygen atoms in total. The molecule has 2 aromatic rings. The van der Waals surface area contributed by atoms with E-state index in [1.165, 1.54) is 0 Å². The van der Waals surface area contributed by atoms with Crippen LogP contribution < -0.4 is 5.32 Å². The average molecular weight is 277 g/mol. The number of nitrogens with zero attached hydrogens (tertiary/aromatic N) is 2. The summed E-state index contributed by atoms with van der Waals surface area (Å²) in [6, 6.07) is 9.79. The molecule has 0 radical (unpaired) electrons. The summed E-state index contributed by atoms with van der Waals surface area (Å²) in [5.41, 5.74) is 4.57. The molecule has 104 valence electrons. The fraction of sp³-hybridized carbons (Fsp3) is 0.118. The average Bonchev–Trinajstić information content (AvgIpc) is 2.85. The zero-order chi connectivity index (χ0) is 14.8. The summed E-state index contributed by atoms with van der Waals surface area (Å²) < 4.78 is 0. The van der Waals surface area contributed by atoms with Crippen LogP contribution in [-0.4, -0.2) is 16.7 Å². The maximum Gasteiger partial charge on any atom is 0.275 e. The monoisotopic (exact) mass is 277 g/mol. The Kier molecular flexibility index (Phi) is 3.36. The smallest absolute Gasteiger partial charge is 0.275 e. The minimum atomic E-state index is -0.178. The SMILES string of the molecule is Cc1ccc(C)c(/C=C2/N=C(c3ccncc3)NC2=O)c1. The molecule has 0 bridgehead atoms. The highest BCUT2D eigenvalue weighted by molar-refractivity contribution is 6.19. The Balaban J connectivity index is 1.99. The van der Waals surface area contributed by atoms with Crippen LogP contribution in [0, 0.1) is 13.8 Å². The van der Waals surface area contributed by atoms with E-state index in [2.05, 4.69) is 27.4 Å². The van der Waals surface area contributed by atoms with E-state index in [1.54, 1.807) is 12.4 Å². The topological polar surface area (TPSA) is 54.4 Å². The number of carbonyl (C=O) groups is 1. The van der Waals surface area contributed by atoms with E-state index in [-0.39, 0.29) is 5.91 Å². The van der Waals surface area contributed by atoms with E-state index in [0.717, 1.165) is 22.3 Å². The van der Waals surface area contributed by atoms with Crippen LogP contribution in [0.2, 0.25) is 0 Å². The molecule has 0 saturated heterocycles. The van der Waals surface area contributed by atoms with Crippen molar-refractivity contribution in [2.24, 2.45) is 4.99 Å². The third-order valence-corrected chi connectivity index (χ3v) is 3.38. The highest BCUT2D eigenvalue weighted by Crippen LogP contribution is 2.18. The molecular weight excluding hydrogens is 262 g/mol. The molecule has 0 spiro atoms. The van der Waals surface area contributed by atoms with Gasteiger partial charge in [-0.25, -0.2) is 4.99 Å². The van der Waals surface area contributed by atoms with Gasteiger partial charge >= 0.3 is 0 Å². The Morgan fingerprint density at radius 1 is 1.10 bits per heavy atom. The lowest BCUT2D eigenvalue weighted by Gasteiger charge is -2.02. The lowest BCUT2D eigenvalue weighted by atomic mass is 10.0. The predicted octanol–water partition coefficient (Wildman–Crippen LogP) is 2.62. The first kappa shape index (κ1) is 13.2. The first-order valence-corrected chi connectivity index (χ1v) is 6.73. The molecule has 0 aliphatic carbocycles. The zero-order valence-corrected chi connectivity index (χ0v) is 11.9. The number of rotatable bonds is 2. The molecule has 0 saturated carbocycles. The second kappa shape index (κ2) is 5.32. The molecule has 1 aliphatic rings. The summed E-state index contributed by atoms with van der Waals surface area (Å²) in [7, 11) is 0. The van der Waals surface area contributed by atoms with Crippen molar-refractivity contribution in [3.63, 3.8) is 0 Å². The highest BCUT2D eigenvalue weighted by Gasteiger charge is 2.21. The van der Waals surface area contributed by atoms with E-state index < -0.39 is 0 Å². The summed E-state index contributed by atoms with van der Waals surface area (Å²) >= 11 is 0.